The lowest BCUT2D eigenvalue weighted by Gasteiger charge is -1.97. The van der Waals surface area contributed by atoms with Crippen molar-refractivity contribution in [3.63, 3.8) is 0 Å². The minimum Gasteiger partial charge on any atom is -0.289 e. The van der Waals surface area contributed by atoms with Crippen molar-refractivity contribution in [3.05, 3.63) is 63.9 Å². The number of thiophene rings is 1. The van der Waals surface area contributed by atoms with Gasteiger partial charge in [0.15, 0.2) is 5.78 Å². The second-order valence-corrected chi connectivity index (χ2v) is 4.16. The molecular weight excluding hydrogens is 242 g/mol. The molecule has 0 fully saturated rings. The number of ketones is 1. The van der Waals surface area contributed by atoms with Crippen molar-refractivity contribution in [2.24, 2.45) is 0 Å². The highest BCUT2D eigenvalue weighted by Crippen LogP contribution is 2.13. The molecule has 0 aliphatic heterocycles. The van der Waals surface area contributed by atoms with E-state index < -0.39 is 17.4 Å². The summed E-state index contributed by atoms with van der Waals surface area (Å²) in [7, 11) is 0. The van der Waals surface area contributed by atoms with Crippen LogP contribution < -0.4 is 0 Å². The van der Waals surface area contributed by atoms with Crippen LogP contribution in [0.2, 0.25) is 0 Å². The molecule has 0 atom stereocenters. The number of rotatable bonds is 3. The summed E-state index contributed by atoms with van der Waals surface area (Å²) in [5, 5.41) is 3.74. The van der Waals surface area contributed by atoms with Gasteiger partial charge in [-0.05, 0) is 40.6 Å². The highest BCUT2D eigenvalue weighted by atomic mass is 32.1. The molecule has 0 aliphatic carbocycles. The molecule has 0 bridgehead atoms. The highest BCUT2D eigenvalue weighted by molar-refractivity contribution is 7.08. The molecule has 0 amide bonds. The third kappa shape index (κ3) is 2.85. The summed E-state index contributed by atoms with van der Waals surface area (Å²) in [4.78, 5) is 11.6. The Bertz CT molecular complexity index is 559. The molecule has 86 valence electrons. The van der Waals surface area contributed by atoms with Crippen molar-refractivity contribution in [1.29, 1.82) is 0 Å². The van der Waals surface area contributed by atoms with Gasteiger partial charge in [-0.25, -0.2) is 8.78 Å². The first-order chi connectivity index (χ1) is 8.16. The fraction of sp³-hybridized carbons (Fsp3) is 0. The maximum Gasteiger partial charge on any atom is 0.188 e. The normalized spacial score (nSPS) is 10.9. The Balaban J connectivity index is 2.20. The minimum absolute atomic E-state index is 0.127. The molecular formula is C13H8F2OS. The van der Waals surface area contributed by atoms with Crippen LogP contribution in [0.3, 0.4) is 0 Å². The number of carbonyl (C=O) groups excluding carboxylic acids is 1. The molecule has 0 aliphatic rings. The Morgan fingerprint density at radius 2 is 2.06 bits per heavy atom. The second-order valence-electron chi connectivity index (χ2n) is 3.38. The third-order valence-electron chi connectivity index (χ3n) is 2.17. The molecule has 1 heterocycles. The van der Waals surface area contributed by atoms with E-state index in [4.69, 9.17) is 0 Å². The first-order valence-electron chi connectivity index (χ1n) is 4.86. The number of halogens is 2. The van der Waals surface area contributed by atoms with Crippen molar-refractivity contribution in [2.75, 3.05) is 0 Å². The molecule has 0 saturated heterocycles. The summed E-state index contributed by atoms with van der Waals surface area (Å²) in [6.45, 7) is 0. The molecule has 2 rings (SSSR count). The molecule has 1 aromatic carbocycles. The molecule has 0 spiro atoms. The van der Waals surface area contributed by atoms with Crippen molar-refractivity contribution in [3.8, 4) is 0 Å². The van der Waals surface area contributed by atoms with Gasteiger partial charge in [-0.3, -0.25) is 4.79 Å². The summed E-state index contributed by atoms with van der Waals surface area (Å²) in [6.07, 6.45) is 2.88. The van der Waals surface area contributed by atoms with Gasteiger partial charge >= 0.3 is 0 Å². The topological polar surface area (TPSA) is 17.1 Å². The minimum atomic E-state index is -0.843. The predicted octanol–water partition coefficient (Wildman–Crippen LogP) is 3.92. The van der Waals surface area contributed by atoms with Gasteiger partial charge < -0.3 is 0 Å². The van der Waals surface area contributed by atoms with Crippen LogP contribution in [0.15, 0.2) is 41.1 Å². The zero-order valence-corrected chi connectivity index (χ0v) is 9.51. The van der Waals surface area contributed by atoms with Gasteiger partial charge in [0, 0.05) is 6.07 Å². The Morgan fingerprint density at radius 1 is 1.24 bits per heavy atom. The number of benzene rings is 1. The predicted molar refractivity (Wildman–Crippen MR) is 64.0 cm³/mol. The van der Waals surface area contributed by atoms with E-state index in [9.17, 15) is 13.6 Å². The molecule has 17 heavy (non-hydrogen) atoms. The van der Waals surface area contributed by atoms with Crippen molar-refractivity contribution in [1.82, 2.24) is 0 Å². The van der Waals surface area contributed by atoms with E-state index in [0.29, 0.717) is 6.07 Å². The van der Waals surface area contributed by atoms with Gasteiger partial charge in [-0.1, -0.05) is 6.08 Å². The van der Waals surface area contributed by atoms with E-state index >= 15 is 0 Å². The Morgan fingerprint density at radius 3 is 2.71 bits per heavy atom. The number of hydrogen-bond acceptors (Lipinski definition) is 2. The molecule has 1 aromatic heterocycles. The summed E-state index contributed by atoms with van der Waals surface area (Å²) < 4.78 is 25.9. The number of allylic oxidation sites excluding steroid dienone is 1. The standard InChI is InChI=1S/C13H8F2OS/c14-10-2-3-11(12(15)7-10)13(16)4-1-9-5-6-17-8-9/h1-8H. The molecule has 0 N–H and O–H groups in total. The van der Waals surface area contributed by atoms with E-state index in [2.05, 4.69) is 0 Å². The van der Waals surface area contributed by atoms with Crippen LogP contribution >= 0.6 is 11.3 Å². The Hall–Kier alpha value is -1.81. The fourth-order valence-corrected chi connectivity index (χ4v) is 1.95. The fourth-order valence-electron chi connectivity index (χ4n) is 1.32. The molecule has 4 heteroatoms. The summed E-state index contributed by atoms with van der Waals surface area (Å²) in [5.41, 5.74) is 0.753. The molecule has 0 saturated carbocycles. The van der Waals surface area contributed by atoms with Crippen molar-refractivity contribution in [2.45, 2.75) is 0 Å². The van der Waals surface area contributed by atoms with E-state index in [0.717, 1.165) is 17.7 Å². The first-order valence-corrected chi connectivity index (χ1v) is 5.81. The monoisotopic (exact) mass is 250 g/mol. The maximum atomic E-state index is 13.3. The Labute approximate surface area is 101 Å². The van der Waals surface area contributed by atoms with Crippen LogP contribution in [-0.2, 0) is 0 Å². The van der Waals surface area contributed by atoms with E-state index in [-0.39, 0.29) is 5.56 Å². The zero-order valence-electron chi connectivity index (χ0n) is 8.69. The quantitative estimate of drug-likeness (QED) is 0.596. The first kappa shape index (κ1) is 11.7. The Kier molecular flexibility index (Phi) is 3.44. The lowest BCUT2D eigenvalue weighted by Crippen LogP contribution is -1.98. The van der Waals surface area contributed by atoms with Crippen LogP contribution in [0.5, 0.6) is 0 Å². The molecule has 0 unspecified atom stereocenters. The van der Waals surface area contributed by atoms with Crippen LogP contribution in [0, 0.1) is 11.6 Å². The maximum absolute atomic E-state index is 13.3. The van der Waals surface area contributed by atoms with E-state index in [1.54, 1.807) is 6.08 Å². The van der Waals surface area contributed by atoms with Gasteiger partial charge in [0.25, 0.3) is 0 Å². The third-order valence-corrected chi connectivity index (χ3v) is 2.87. The van der Waals surface area contributed by atoms with Crippen molar-refractivity contribution < 1.29 is 13.6 Å². The number of hydrogen-bond donors (Lipinski definition) is 0. The van der Waals surface area contributed by atoms with Gasteiger partial charge in [0.1, 0.15) is 11.6 Å². The summed E-state index contributed by atoms with van der Waals surface area (Å²) >= 11 is 1.51. The lowest BCUT2D eigenvalue weighted by molar-refractivity contribution is 0.104. The van der Waals surface area contributed by atoms with Crippen LogP contribution in [-0.4, -0.2) is 5.78 Å². The highest BCUT2D eigenvalue weighted by Gasteiger charge is 2.09. The van der Waals surface area contributed by atoms with Crippen LogP contribution in [0.1, 0.15) is 15.9 Å². The average Bonchev–Trinajstić information content (AvgIpc) is 2.78. The lowest BCUT2D eigenvalue weighted by atomic mass is 10.1. The SMILES string of the molecule is O=C(C=Cc1ccsc1)c1ccc(F)cc1F. The second kappa shape index (κ2) is 5.01. The van der Waals surface area contributed by atoms with Gasteiger partial charge in [-0.15, -0.1) is 0 Å². The largest absolute Gasteiger partial charge is 0.289 e. The summed E-state index contributed by atoms with van der Waals surface area (Å²) in [5.74, 6) is -2.01. The van der Waals surface area contributed by atoms with Gasteiger partial charge in [0.05, 0.1) is 5.56 Å². The number of carbonyl (C=O) groups is 1. The average molecular weight is 250 g/mol. The van der Waals surface area contributed by atoms with Gasteiger partial charge in [-0.2, -0.15) is 11.3 Å². The molecule has 0 radical (unpaired) electrons. The smallest absolute Gasteiger partial charge is 0.188 e. The molecule has 1 nitrogen and oxygen atoms in total. The van der Waals surface area contributed by atoms with E-state index in [1.165, 1.54) is 17.4 Å². The van der Waals surface area contributed by atoms with Crippen molar-refractivity contribution >= 4 is 23.2 Å². The summed E-state index contributed by atoms with van der Waals surface area (Å²) in [6, 6.07) is 4.75. The zero-order chi connectivity index (χ0) is 12.3. The van der Waals surface area contributed by atoms with Crippen LogP contribution in [0.4, 0.5) is 8.78 Å². The van der Waals surface area contributed by atoms with E-state index in [1.807, 2.05) is 16.8 Å². The van der Waals surface area contributed by atoms with Crippen LogP contribution in [0.25, 0.3) is 6.08 Å². The molecule has 2 aromatic rings. The van der Waals surface area contributed by atoms with Gasteiger partial charge in [0.2, 0.25) is 0 Å².